The van der Waals surface area contributed by atoms with Crippen molar-refractivity contribution in [2.24, 2.45) is 23.7 Å². The lowest BCUT2D eigenvalue weighted by atomic mass is 9.78. The maximum atomic E-state index is 12.7. The summed E-state index contributed by atoms with van der Waals surface area (Å²) in [5.74, 6) is -2.56. The normalized spacial score (nSPS) is 30.6. The molecule has 1 aromatic rings. The number of ketones is 1. The number of benzene rings is 1. The third-order valence-electron chi connectivity index (χ3n) is 4.46. The van der Waals surface area contributed by atoms with Crippen molar-refractivity contribution >= 4 is 11.8 Å². The minimum absolute atomic E-state index is 0.0199. The third-order valence-corrected chi connectivity index (χ3v) is 4.46. The Morgan fingerprint density at radius 2 is 1.80 bits per heavy atom. The summed E-state index contributed by atoms with van der Waals surface area (Å²) in [6.07, 6.45) is 4.57. The van der Waals surface area contributed by atoms with Crippen molar-refractivity contribution in [2.75, 3.05) is 0 Å². The van der Waals surface area contributed by atoms with Gasteiger partial charge in [-0.05, 0) is 37.3 Å². The van der Waals surface area contributed by atoms with Crippen LogP contribution in [0, 0.1) is 30.6 Å². The van der Waals surface area contributed by atoms with Gasteiger partial charge in [0.15, 0.2) is 5.78 Å². The molecule has 0 unspecified atom stereocenters. The first-order valence-electron chi connectivity index (χ1n) is 6.74. The molecular formula is C16H16O4. The number of carbonyl (C=O) groups excluding carboxylic acids is 1. The van der Waals surface area contributed by atoms with Crippen LogP contribution in [-0.4, -0.2) is 22.0 Å². The lowest BCUT2D eigenvalue weighted by Gasteiger charge is -2.24. The molecule has 0 aliphatic heterocycles. The monoisotopic (exact) mass is 272 g/mol. The maximum absolute atomic E-state index is 12.7. The lowest BCUT2D eigenvalue weighted by molar-refractivity contribution is -0.143. The first-order chi connectivity index (χ1) is 9.49. The van der Waals surface area contributed by atoms with Gasteiger partial charge in [-0.15, -0.1) is 0 Å². The number of fused-ring (bicyclic) bond motifs is 2. The Hall–Kier alpha value is -2.10. The molecular weight excluding hydrogens is 256 g/mol. The number of aryl methyl sites for hydroxylation is 1. The van der Waals surface area contributed by atoms with Crippen LogP contribution in [0.5, 0.6) is 5.75 Å². The Balaban J connectivity index is 1.99. The molecule has 2 bridgehead atoms. The van der Waals surface area contributed by atoms with E-state index >= 15 is 0 Å². The molecule has 2 aliphatic carbocycles. The average Bonchev–Trinajstić information content (AvgIpc) is 3.00. The summed E-state index contributed by atoms with van der Waals surface area (Å²) in [7, 11) is 0. The molecule has 0 aromatic heterocycles. The van der Waals surface area contributed by atoms with E-state index in [2.05, 4.69) is 0 Å². The van der Waals surface area contributed by atoms with E-state index in [1.807, 2.05) is 19.1 Å². The Labute approximate surface area is 116 Å². The number of allylic oxidation sites excluding steroid dienone is 2. The van der Waals surface area contributed by atoms with Gasteiger partial charge in [-0.3, -0.25) is 9.59 Å². The summed E-state index contributed by atoms with van der Waals surface area (Å²) < 4.78 is 0. The molecule has 0 saturated heterocycles. The standard InChI is InChI=1S/C16H16O4/c1-8-2-5-12(17)11(6-8)15(18)13-9-3-4-10(7-9)14(13)16(19)20/h2-6,9-10,13-14,17H,7H2,1H3,(H,19,20)/t9-,10+,13-,14+/m1/s1. The summed E-state index contributed by atoms with van der Waals surface area (Å²) in [6.45, 7) is 1.84. The Bertz CT molecular complexity index is 617. The number of carbonyl (C=O) groups is 2. The van der Waals surface area contributed by atoms with Gasteiger partial charge in [-0.25, -0.2) is 0 Å². The summed E-state index contributed by atoms with van der Waals surface area (Å²) in [5, 5.41) is 19.3. The number of hydrogen-bond donors (Lipinski definition) is 2. The van der Waals surface area contributed by atoms with Crippen molar-refractivity contribution in [3.8, 4) is 5.75 Å². The molecule has 4 atom stereocenters. The quantitative estimate of drug-likeness (QED) is 0.654. The molecule has 1 fully saturated rings. The van der Waals surface area contributed by atoms with E-state index in [4.69, 9.17) is 0 Å². The molecule has 2 N–H and O–H groups in total. The van der Waals surface area contributed by atoms with E-state index in [1.165, 1.54) is 6.07 Å². The van der Waals surface area contributed by atoms with E-state index in [1.54, 1.807) is 12.1 Å². The molecule has 104 valence electrons. The zero-order valence-corrected chi connectivity index (χ0v) is 11.1. The molecule has 0 heterocycles. The number of rotatable bonds is 3. The average molecular weight is 272 g/mol. The highest BCUT2D eigenvalue weighted by Gasteiger charge is 2.51. The molecule has 3 rings (SSSR count). The maximum Gasteiger partial charge on any atom is 0.307 e. The van der Waals surface area contributed by atoms with Crippen molar-refractivity contribution in [3.63, 3.8) is 0 Å². The van der Waals surface area contributed by atoms with Crippen LogP contribution in [0.3, 0.4) is 0 Å². The molecule has 4 nitrogen and oxygen atoms in total. The van der Waals surface area contributed by atoms with Crippen LogP contribution in [0.25, 0.3) is 0 Å². The Morgan fingerprint density at radius 1 is 1.15 bits per heavy atom. The number of aliphatic carboxylic acids is 1. The first-order valence-corrected chi connectivity index (χ1v) is 6.74. The van der Waals surface area contributed by atoms with E-state index in [0.717, 1.165) is 12.0 Å². The molecule has 4 heteroatoms. The topological polar surface area (TPSA) is 74.6 Å². The van der Waals surface area contributed by atoms with Gasteiger partial charge < -0.3 is 10.2 Å². The minimum atomic E-state index is -0.924. The number of phenolic OH excluding ortho intramolecular Hbond substituents is 1. The number of Topliss-reactive ketones (excluding diaryl/α,β-unsaturated/α-hetero) is 1. The second kappa shape index (κ2) is 4.47. The van der Waals surface area contributed by atoms with Crippen LogP contribution >= 0.6 is 0 Å². The lowest BCUT2D eigenvalue weighted by Crippen LogP contribution is -2.33. The Kier molecular flexibility index (Phi) is 2.89. The van der Waals surface area contributed by atoms with E-state index in [0.29, 0.717) is 0 Å². The van der Waals surface area contributed by atoms with Gasteiger partial charge in [0.25, 0.3) is 0 Å². The summed E-state index contributed by atoms with van der Waals surface area (Å²) in [6, 6.07) is 4.84. The van der Waals surface area contributed by atoms with Crippen LogP contribution in [0.4, 0.5) is 0 Å². The number of aromatic hydroxyl groups is 1. The molecule has 1 saturated carbocycles. The number of carboxylic acid groups (broad SMARTS) is 1. The van der Waals surface area contributed by atoms with Gasteiger partial charge in [0.2, 0.25) is 0 Å². The molecule has 2 aliphatic rings. The van der Waals surface area contributed by atoms with E-state index in [-0.39, 0.29) is 28.9 Å². The van der Waals surface area contributed by atoms with Crippen molar-refractivity contribution in [1.29, 1.82) is 0 Å². The molecule has 0 amide bonds. The molecule has 0 spiro atoms. The highest BCUT2D eigenvalue weighted by Crippen LogP contribution is 2.49. The van der Waals surface area contributed by atoms with Crippen molar-refractivity contribution in [1.82, 2.24) is 0 Å². The van der Waals surface area contributed by atoms with Gasteiger partial charge in [0.05, 0.1) is 11.5 Å². The van der Waals surface area contributed by atoms with Gasteiger partial charge in [-0.2, -0.15) is 0 Å². The van der Waals surface area contributed by atoms with Gasteiger partial charge >= 0.3 is 5.97 Å². The van der Waals surface area contributed by atoms with Gasteiger partial charge in [0, 0.05) is 5.92 Å². The van der Waals surface area contributed by atoms with Crippen molar-refractivity contribution in [3.05, 3.63) is 41.5 Å². The summed E-state index contributed by atoms with van der Waals surface area (Å²) >= 11 is 0. The predicted molar refractivity (Wildman–Crippen MR) is 72.5 cm³/mol. The highest BCUT2D eigenvalue weighted by molar-refractivity contribution is 6.03. The van der Waals surface area contributed by atoms with Crippen LogP contribution < -0.4 is 0 Å². The van der Waals surface area contributed by atoms with Gasteiger partial charge in [-0.1, -0.05) is 23.8 Å². The predicted octanol–water partition coefficient (Wildman–Crippen LogP) is 2.41. The summed E-state index contributed by atoms with van der Waals surface area (Å²) in [4.78, 5) is 24.1. The van der Waals surface area contributed by atoms with Crippen LogP contribution in [0.2, 0.25) is 0 Å². The fourth-order valence-electron chi connectivity index (χ4n) is 3.54. The van der Waals surface area contributed by atoms with Gasteiger partial charge in [0.1, 0.15) is 5.75 Å². The minimum Gasteiger partial charge on any atom is -0.507 e. The fraction of sp³-hybridized carbons (Fsp3) is 0.375. The second-order valence-electron chi connectivity index (χ2n) is 5.72. The molecule has 1 aromatic carbocycles. The Morgan fingerprint density at radius 3 is 2.45 bits per heavy atom. The molecule has 20 heavy (non-hydrogen) atoms. The zero-order valence-electron chi connectivity index (χ0n) is 11.1. The largest absolute Gasteiger partial charge is 0.507 e. The summed E-state index contributed by atoms with van der Waals surface area (Å²) in [5.41, 5.74) is 1.11. The van der Waals surface area contributed by atoms with Crippen LogP contribution in [0.15, 0.2) is 30.4 Å². The SMILES string of the molecule is Cc1ccc(O)c(C(=O)[C@H]2[C@@H](C(=O)O)[C@H]3C=C[C@@H]2C3)c1. The number of carboxylic acids is 1. The van der Waals surface area contributed by atoms with Crippen LogP contribution in [-0.2, 0) is 4.79 Å². The highest BCUT2D eigenvalue weighted by atomic mass is 16.4. The van der Waals surface area contributed by atoms with Crippen molar-refractivity contribution in [2.45, 2.75) is 13.3 Å². The van der Waals surface area contributed by atoms with Crippen LogP contribution in [0.1, 0.15) is 22.3 Å². The number of hydrogen-bond acceptors (Lipinski definition) is 3. The van der Waals surface area contributed by atoms with E-state index < -0.39 is 17.8 Å². The van der Waals surface area contributed by atoms with Crippen molar-refractivity contribution < 1.29 is 19.8 Å². The second-order valence-corrected chi connectivity index (χ2v) is 5.72. The molecule has 0 radical (unpaired) electrons. The zero-order chi connectivity index (χ0) is 14.4. The van der Waals surface area contributed by atoms with E-state index in [9.17, 15) is 19.8 Å². The fourth-order valence-corrected chi connectivity index (χ4v) is 3.54. The third kappa shape index (κ3) is 1.83. The smallest absolute Gasteiger partial charge is 0.307 e. The number of phenols is 1. The first kappa shape index (κ1) is 12.9.